The van der Waals surface area contributed by atoms with Crippen LogP contribution in [0.25, 0.3) is 0 Å². The fourth-order valence-electron chi connectivity index (χ4n) is 1.42. The second-order valence-electron chi connectivity index (χ2n) is 12.6. The van der Waals surface area contributed by atoms with Crippen LogP contribution in [0.2, 0.25) is 0 Å². The molecule has 0 unspecified atom stereocenters. The molecule has 0 aromatic heterocycles. The molecule has 0 atom stereocenters. The summed E-state index contributed by atoms with van der Waals surface area (Å²) in [5.74, 6) is 1.97. The molecule has 0 saturated carbocycles. The Balaban J connectivity index is 0. The van der Waals surface area contributed by atoms with E-state index >= 15 is 0 Å². The fraction of sp³-hybridized carbons (Fsp3) is 0.917. The van der Waals surface area contributed by atoms with Gasteiger partial charge in [-0.1, -0.05) is 67.5 Å². The molecule has 180 valence electrons. The lowest BCUT2D eigenvalue weighted by atomic mass is 9.94. The third-order valence-corrected chi connectivity index (χ3v) is 5.65. The van der Waals surface area contributed by atoms with Crippen LogP contribution in [0.1, 0.15) is 104 Å². The van der Waals surface area contributed by atoms with Crippen molar-refractivity contribution >= 4 is 35.1 Å². The van der Waals surface area contributed by atoms with Gasteiger partial charge in [-0.2, -0.15) is 0 Å². The molecule has 30 heavy (non-hydrogen) atoms. The zero-order valence-electron chi connectivity index (χ0n) is 22.5. The minimum Gasteiger partial charge on any atom is -0.390 e. The molecule has 0 aliphatic carbocycles. The van der Waals surface area contributed by atoms with E-state index in [1.807, 2.05) is 85.8 Å². The molecular weight excluding hydrogens is 412 g/mol. The summed E-state index contributed by atoms with van der Waals surface area (Å²) in [6, 6.07) is 0. The smallest absolute Gasteiger partial charge is 0.225 e. The summed E-state index contributed by atoms with van der Waals surface area (Å²) in [4.78, 5) is 17.0. The van der Waals surface area contributed by atoms with Crippen molar-refractivity contribution in [2.24, 2.45) is 10.6 Å². The molecule has 0 aliphatic heterocycles. The Bertz CT molecular complexity index is 518. The van der Waals surface area contributed by atoms with E-state index in [9.17, 15) is 4.79 Å². The molecule has 1 N–H and O–H groups in total. The zero-order chi connectivity index (χ0) is 24.6. The summed E-state index contributed by atoms with van der Waals surface area (Å²) >= 11 is 3.84. The fourth-order valence-corrected chi connectivity index (χ4v) is 3.06. The van der Waals surface area contributed by atoms with Gasteiger partial charge in [-0.05, 0) is 41.5 Å². The topological polar surface area (TPSA) is 50.7 Å². The minimum absolute atomic E-state index is 0.102. The Hall–Kier alpha value is -0.360. The Morgan fingerprint density at radius 1 is 0.733 bits per heavy atom. The lowest BCUT2D eigenvalue weighted by molar-refractivity contribution is -0.130. The first kappa shape index (κ1) is 31.8. The van der Waals surface area contributed by atoms with Crippen molar-refractivity contribution < 1.29 is 9.63 Å². The molecule has 0 aliphatic rings. The zero-order valence-corrected chi connectivity index (χ0v) is 24.1. The van der Waals surface area contributed by atoms with Crippen LogP contribution < -0.4 is 5.32 Å². The number of amides is 1. The summed E-state index contributed by atoms with van der Waals surface area (Å²) < 4.78 is 0.518. The van der Waals surface area contributed by atoms with Crippen molar-refractivity contribution in [1.29, 1.82) is 0 Å². The van der Waals surface area contributed by atoms with Crippen LogP contribution in [0.3, 0.4) is 0 Å². The predicted octanol–water partition coefficient (Wildman–Crippen LogP) is 7.17. The van der Waals surface area contributed by atoms with Crippen LogP contribution >= 0.6 is 23.5 Å². The maximum absolute atomic E-state index is 11.4. The van der Waals surface area contributed by atoms with Gasteiger partial charge in [-0.3, -0.25) is 4.79 Å². The molecular formula is C24H50N2O2S2. The van der Waals surface area contributed by atoms with Crippen LogP contribution in [0.4, 0.5) is 0 Å². The van der Waals surface area contributed by atoms with Crippen molar-refractivity contribution in [3.05, 3.63) is 0 Å². The number of carbonyl (C=O) groups is 1. The molecule has 0 fully saturated rings. The molecule has 0 bridgehead atoms. The Labute approximate surface area is 196 Å². The van der Waals surface area contributed by atoms with Crippen molar-refractivity contribution in [2.45, 2.75) is 124 Å². The van der Waals surface area contributed by atoms with Crippen LogP contribution in [0.15, 0.2) is 5.16 Å². The first-order chi connectivity index (χ1) is 12.9. The average Bonchev–Trinajstić information content (AvgIpc) is 2.41. The number of carbonyl (C=O) groups excluding carboxylic acids is 1. The molecule has 0 aromatic rings. The highest BCUT2D eigenvalue weighted by Gasteiger charge is 2.25. The SMILES string of the molecule is CC(C)(C)NC(=O)C(C)(C)C.CC(C)(C)ON=C(CSC(C)(C)C)CSC(C)(C)C. The van der Waals surface area contributed by atoms with E-state index in [-0.39, 0.29) is 32.0 Å². The first-order valence-electron chi connectivity index (χ1n) is 10.8. The number of hydrogen-bond donors (Lipinski definition) is 1. The molecule has 4 nitrogen and oxygen atoms in total. The normalized spacial score (nSPS) is 13.2. The molecule has 0 spiro atoms. The summed E-state index contributed by atoms with van der Waals surface area (Å²) in [6.07, 6.45) is 0. The number of nitrogens with zero attached hydrogens (tertiary/aromatic N) is 1. The summed E-state index contributed by atoms with van der Waals surface area (Å²) in [7, 11) is 0. The Morgan fingerprint density at radius 3 is 1.30 bits per heavy atom. The average molecular weight is 463 g/mol. The second-order valence-corrected chi connectivity index (χ2v) is 16.2. The standard InChI is InChI=1S/C15H31NOS2.C9H19NO/c1-13(2,3)17-16-12(10-18-14(4,5)6)11-19-15(7,8)9;1-8(2,3)7(11)10-9(4,5)6/h10-11H2,1-9H3;1-6H3,(H,10,11). The first-order valence-corrected chi connectivity index (χ1v) is 12.7. The van der Waals surface area contributed by atoms with E-state index < -0.39 is 0 Å². The third-order valence-electron chi connectivity index (χ3n) is 2.96. The van der Waals surface area contributed by atoms with E-state index in [0.717, 1.165) is 17.2 Å². The van der Waals surface area contributed by atoms with E-state index in [1.165, 1.54) is 0 Å². The van der Waals surface area contributed by atoms with Gasteiger partial charge in [-0.25, -0.2) is 0 Å². The van der Waals surface area contributed by atoms with Crippen LogP contribution in [-0.2, 0) is 9.63 Å². The van der Waals surface area contributed by atoms with E-state index in [2.05, 4.69) is 52.0 Å². The predicted molar refractivity (Wildman–Crippen MR) is 140 cm³/mol. The summed E-state index contributed by atoms with van der Waals surface area (Å²) in [6.45, 7) is 31.2. The largest absolute Gasteiger partial charge is 0.390 e. The minimum atomic E-state index is -0.284. The van der Waals surface area contributed by atoms with Crippen molar-refractivity contribution in [3.63, 3.8) is 0 Å². The molecule has 6 heteroatoms. The molecule has 0 saturated heterocycles. The van der Waals surface area contributed by atoms with Gasteiger partial charge in [0.2, 0.25) is 5.91 Å². The molecule has 0 heterocycles. The van der Waals surface area contributed by atoms with Gasteiger partial charge in [-0.15, -0.1) is 23.5 Å². The molecule has 0 rings (SSSR count). The van der Waals surface area contributed by atoms with Crippen LogP contribution in [0, 0.1) is 5.41 Å². The third kappa shape index (κ3) is 23.9. The van der Waals surface area contributed by atoms with Crippen molar-refractivity contribution in [3.8, 4) is 0 Å². The van der Waals surface area contributed by atoms with Crippen molar-refractivity contribution in [1.82, 2.24) is 5.32 Å². The van der Waals surface area contributed by atoms with Gasteiger partial charge in [0.05, 0.1) is 5.71 Å². The Morgan fingerprint density at radius 2 is 1.10 bits per heavy atom. The number of hydrogen-bond acceptors (Lipinski definition) is 5. The van der Waals surface area contributed by atoms with E-state index in [0.29, 0.717) is 0 Å². The molecule has 0 aromatic carbocycles. The summed E-state index contributed by atoms with van der Waals surface area (Å²) in [5, 5.41) is 7.30. The number of thioether (sulfide) groups is 2. The van der Waals surface area contributed by atoms with Gasteiger partial charge in [0.25, 0.3) is 0 Å². The van der Waals surface area contributed by atoms with Gasteiger partial charge < -0.3 is 10.2 Å². The van der Waals surface area contributed by atoms with Gasteiger partial charge in [0.15, 0.2) is 0 Å². The van der Waals surface area contributed by atoms with Gasteiger partial charge in [0.1, 0.15) is 5.60 Å². The Kier molecular flexibility index (Phi) is 12.8. The highest BCUT2D eigenvalue weighted by atomic mass is 32.2. The monoisotopic (exact) mass is 462 g/mol. The number of nitrogens with one attached hydrogen (secondary N) is 1. The lowest BCUT2D eigenvalue weighted by Crippen LogP contribution is -2.46. The van der Waals surface area contributed by atoms with Crippen molar-refractivity contribution in [2.75, 3.05) is 11.5 Å². The number of rotatable bonds is 5. The maximum Gasteiger partial charge on any atom is 0.225 e. The van der Waals surface area contributed by atoms with Crippen LogP contribution in [-0.4, -0.2) is 43.8 Å². The van der Waals surface area contributed by atoms with Gasteiger partial charge >= 0.3 is 0 Å². The lowest BCUT2D eigenvalue weighted by Gasteiger charge is -2.26. The van der Waals surface area contributed by atoms with E-state index in [4.69, 9.17) is 4.84 Å². The number of oxime groups is 1. The second kappa shape index (κ2) is 12.0. The maximum atomic E-state index is 11.4. The van der Waals surface area contributed by atoms with Gasteiger partial charge in [0, 0.05) is 32.0 Å². The highest BCUT2D eigenvalue weighted by Crippen LogP contribution is 2.27. The molecule has 0 radical (unpaired) electrons. The quantitative estimate of drug-likeness (QED) is 0.347. The molecule has 1 amide bonds. The summed E-state index contributed by atoms with van der Waals surface area (Å²) in [5.41, 5.74) is 0.511. The highest BCUT2D eigenvalue weighted by molar-refractivity contribution is 8.02. The van der Waals surface area contributed by atoms with E-state index in [1.54, 1.807) is 0 Å². The van der Waals surface area contributed by atoms with Crippen LogP contribution in [0.5, 0.6) is 0 Å².